The summed E-state index contributed by atoms with van der Waals surface area (Å²) >= 11 is 0. The van der Waals surface area contributed by atoms with E-state index in [0.29, 0.717) is 0 Å². The van der Waals surface area contributed by atoms with Crippen LogP contribution in [-0.4, -0.2) is 0 Å². The minimum absolute atomic E-state index is 0.791. The van der Waals surface area contributed by atoms with Gasteiger partial charge in [-0.3, -0.25) is 0 Å². The summed E-state index contributed by atoms with van der Waals surface area (Å²) in [4.78, 5) is 0. The van der Waals surface area contributed by atoms with Crippen molar-refractivity contribution >= 4 is 0 Å². The Morgan fingerprint density at radius 3 is 1.90 bits per heavy atom. The van der Waals surface area contributed by atoms with Gasteiger partial charge in [0.05, 0.1) is 0 Å². The van der Waals surface area contributed by atoms with Gasteiger partial charge in [0.1, 0.15) is 0 Å². The molecule has 2 unspecified atom stereocenters. The first-order valence-corrected chi connectivity index (χ1v) is 4.54. The smallest absolute Gasteiger partial charge is 0.0202 e. The maximum Gasteiger partial charge on any atom is -0.0202 e. The van der Waals surface area contributed by atoms with Crippen molar-refractivity contribution in [2.24, 2.45) is 22.2 Å². The molecule has 0 heterocycles. The molecule has 56 valence electrons. The molecule has 0 aromatic heterocycles. The lowest BCUT2D eigenvalue weighted by atomic mass is 9.13. The summed E-state index contributed by atoms with van der Waals surface area (Å²) in [6, 6.07) is 0. The van der Waals surface area contributed by atoms with E-state index in [4.69, 9.17) is 0 Å². The van der Waals surface area contributed by atoms with Crippen LogP contribution < -0.4 is 0 Å². The van der Waals surface area contributed by atoms with Crippen LogP contribution in [-0.2, 0) is 0 Å². The first-order chi connectivity index (χ1) is 4.54. The quantitative estimate of drug-likeness (QED) is 0.480. The molecule has 2 atom stereocenters. The van der Waals surface area contributed by atoms with Crippen molar-refractivity contribution in [3.8, 4) is 0 Å². The maximum absolute atomic E-state index is 2.51. The molecule has 0 amide bonds. The third-order valence-corrected chi connectivity index (χ3v) is 5.50. The second kappa shape index (κ2) is 1.00. The molecule has 0 aromatic rings. The van der Waals surface area contributed by atoms with E-state index >= 15 is 0 Å². The SMILES string of the molecule is CC1CC2(C)C3(C)CC12C3. The third kappa shape index (κ3) is 0.233. The van der Waals surface area contributed by atoms with Gasteiger partial charge in [0.25, 0.3) is 0 Å². The van der Waals surface area contributed by atoms with E-state index in [2.05, 4.69) is 20.8 Å². The van der Waals surface area contributed by atoms with Gasteiger partial charge >= 0.3 is 0 Å². The van der Waals surface area contributed by atoms with Crippen LogP contribution in [0.5, 0.6) is 0 Å². The minimum Gasteiger partial charge on any atom is -0.0619 e. The van der Waals surface area contributed by atoms with Crippen LogP contribution in [0, 0.1) is 22.2 Å². The summed E-state index contributed by atoms with van der Waals surface area (Å²) in [5, 5.41) is 0. The van der Waals surface area contributed by atoms with Crippen LogP contribution in [0.1, 0.15) is 40.0 Å². The summed E-state index contributed by atoms with van der Waals surface area (Å²) < 4.78 is 0. The second-order valence-electron chi connectivity index (χ2n) is 5.51. The molecule has 4 rings (SSSR count). The topological polar surface area (TPSA) is 0 Å². The monoisotopic (exact) mass is 136 g/mol. The zero-order chi connectivity index (χ0) is 7.20. The van der Waals surface area contributed by atoms with Crippen LogP contribution in [0.15, 0.2) is 0 Å². The van der Waals surface area contributed by atoms with Gasteiger partial charge in [0.2, 0.25) is 0 Å². The van der Waals surface area contributed by atoms with E-state index in [9.17, 15) is 0 Å². The van der Waals surface area contributed by atoms with Gasteiger partial charge in [-0.15, -0.1) is 0 Å². The van der Waals surface area contributed by atoms with Gasteiger partial charge in [-0.2, -0.15) is 0 Å². The van der Waals surface area contributed by atoms with Gasteiger partial charge in [-0.05, 0) is 41.4 Å². The first kappa shape index (κ1) is 5.62. The zero-order valence-electron chi connectivity index (χ0n) is 7.20. The van der Waals surface area contributed by atoms with E-state index in [-0.39, 0.29) is 0 Å². The number of rotatable bonds is 0. The molecule has 4 fully saturated rings. The highest BCUT2D eigenvalue weighted by Gasteiger charge is 2.86. The average Bonchev–Trinajstić information content (AvgIpc) is 1.82. The molecule has 4 aliphatic rings. The summed E-state index contributed by atoms with van der Waals surface area (Å²) in [7, 11) is 0. The van der Waals surface area contributed by atoms with E-state index in [1.165, 1.54) is 6.42 Å². The highest BCUT2D eigenvalue weighted by atomic mass is 14.9. The van der Waals surface area contributed by atoms with Crippen molar-refractivity contribution < 1.29 is 0 Å². The summed E-state index contributed by atoms with van der Waals surface area (Å²) in [6.45, 7) is 7.45. The molecule has 10 heavy (non-hydrogen) atoms. The van der Waals surface area contributed by atoms with Gasteiger partial charge in [-0.25, -0.2) is 0 Å². The van der Waals surface area contributed by atoms with Crippen molar-refractivity contribution in [3.63, 3.8) is 0 Å². The van der Waals surface area contributed by atoms with E-state index in [1.807, 2.05) is 0 Å². The zero-order valence-corrected chi connectivity index (χ0v) is 7.20. The Balaban J connectivity index is 2.03. The van der Waals surface area contributed by atoms with Crippen molar-refractivity contribution in [3.05, 3.63) is 0 Å². The average molecular weight is 136 g/mol. The third-order valence-electron chi connectivity index (χ3n) is 5.50. The standard InChI is InChI=1S/C10H16/c1-7-4-9(3)8(2)5-10(7,9)6-8/h7H,4-6H2,1-3H3. The lowest BCUT2D eigenvalue weighted by Crippen LogP contribution is -2.84. The first-order valence-electron chi connectivity index (χ1n) is 4.54. The van der Waals surface area contributed by atoms with Crippen molar-refractivity contribution in [1.29, 1.82) is 0 Å². The predicted octanol–water partition coefficient (Wildman–Crippen LogP) is 2.83. The van der Waals surface area contributed by atoms with Gasteiger partial charge in [0, 0.05) is 0 Å². The van der Waals surface area contributed by atoms with E-state index in [1.54, 1.807) is 12.8 Å². The highest BCUT2D eigenvalue weighted by Crippen LogP contribution is 2.94. The second-order valence-corrected chi connectivity index (χ2v) is 5.51. The fourth-order valence-corrected chi connectivity index (χ4v) is 4.53. The van der Waals surface area contributed by atoms with Gasteiger partial charge < -0.3 is 0 Å². The molecule has 1 spiro atoms. The molecule has 0 nitrogen and oxygen atoms in total. The molecule has 0 heteroatoms. The van der Waals surface area contributed by atoms with Crippen LogP contribution in [0.2, 0.25) is 0 Å². The fraction of sp³-hybridized carbons (Fsp3) is 1.00. The molecule has 0 saturated heterocycles. The number of hydrogen-bond donors (Lipinski definition) is 0. The molecule has 4 aliphatic carbocycles. The lowest BCUT2D eigenvalue weighted by Gasteiger charge is -2.91. The van der Waals surface area contributed by atoms with Crippen LogP contribution >= 0.6 is 0 Å². The molecule has 0 radical (unpaired) electrons. The minimum atomic E-state index is 0.791. The normalized spacial score (nSPS) is 76.5. The molecule has 0 aromatic carbocycles. The fourth-order valence-electron chi connectivity index (χ4n) is 4.53. The molecule has 2 bridgehead atoms. The Kier molecular flexibility index (Phi) is 0.562. The molecule has 4 saturated carbocycles. The summed E-state index contributed by atoms with van der Waals surface area (Å²) in [5.41, 5.74) is 2.46. The summed E-state index contributed by atoms with van der Waals surface area (Å²) in [5.74, 6) is 1.05. The highest BCUT2D eigenvalue weighted by molar-refractivity contribution is 5.34. The molecule has 0 aliphatic heterocycles. The Morgan fingerprint density at radius 2 is 1.80 bits per heavy atom. The Labute approximate surface area is 63.0 Å². The Morgan fingerprint density at radius 1 is 1.20 bits per heavy atom. The largest absolute Gasteiger partial charge is 0.0619 e. The van der Waals surface area contributed by atoms with Crippen LogP contribution in [0.3, 0.4) is 0 Å². The van der Waals surface area contributed by atoms with Crippen LogP contribution in [0.25, 0.3) is 0 Å². The maximum atomic E-state index is 2.51. The predicted molar refractivity (Wildman–Crippen MR) is 41.7 cm³/mol. The summed E-state index contributed by atoms with van der Waals surface area (Å²) in [6.07, 6.45) is 4.62. The number of hydrogen-bond acceptors (Lipinski definition) is 0. The van der Waals surface area contributed by atoms with E-state index < -0.39 is 0 Å². The van der Waals surface area contributed by atoms with Crippen molar-refractivity contribution in [1.82, 2.24) is 0 Å². The van der Waals surface area contributed by atoms with Crippen molar-refractivity contribution in [2.75, 3.05) is 0 Å². The van der Waals surface area contributed by atoms with E-state index in [0.717, 1.165) is 22.2 Å². The molecular weight excluding hydrogens is 120 g/mol. The molecule has 0 N–H and O–H groups in total. The lowest BCUT2D eigenvalue weighted by molar-refractivity contribution is -0.428. The molecular formula is C10H16. The van der Waals surface area contributed by atoms with Gasteiger partial charge in [-0.1, -0.05) is 20.8 Å². The Bertz CT molecular complexity index is 207. The Hall–Kier alpha value is 0. The van der Waals surface area contributed by atoms with Gasteiger partial charge in [0.15, 0.2) is 0 Å². The van der Waals surface area contributed by atoms with Crippen LogP contribution in [0.4, 0.5) is 0 Å². The van der Waals surface area contributed by atoms with Crippen molar-refractivity contribution in [2.45, 2.75) is 40.0 Å².